The molecular formula is C13H17BrN2O2. The van der Waals surface area contributed by atoms with Crippen molar-refractivity contribution in [3.8, 4) is 0 Å². The van der Waals surface area contributed by atoms with Gasteiger partial charge in [0.05, 0.1) is 11.1 Å². The van der Waals surface area contributed by atoms with Gasteiger partial charge in [0.15, 0.2) is 0 Å². The van der Waals surface area contributed by atoms with E-state index >= 15 is 0 Å². The maximum absolute atomic E-state index is 12.2. The molecule has 1 aromatic rings. The van der Waals surface area contributed by atoms with Gasteiger partial charge in [0.1, 0.15) is 0 Å². The molecule has 2 heterocycles. The number of nitrogens with zero attached hydrogens (tertiary/aromatic N) is 1. The van der Waals surface area contributed by atoms with Crippen LogP contribution in [0.2, 0.25) is 0 Å². The van der Waals surface area contributed by atoms with Crippen LogP contribution in [0, 0.1) is 6.92 Å². The molecule has 5 heteroatoms. The number of nitrogens with one attached hydrogen (secondary N) is 1. The maximum atomic E-state index is 12.2. The zero-order valence-electron chi connectivity index (χ0n) is 10.4. The monoisotopic (exact) mass is 312 g/mol. The number of hydrogen-bond acceptors (Lipinski definition) is 3. The molecule has 0 atom stereocenters. The second-order valence-corrected chi connectivity index (χ2v) is 5.23. The van der Waals surface area contributed by atoms with Crippen molar-refractivity contribution in [3.05, 3.63) is 29.6 Å². The van der Waals surface area contributed by atoms with Crippen LogP contribution in [-0.4, -0.2) is 35.0 Å². The zero-order valence-corrected chi connectivity index (χ0v) is 12.0. The molecule has 0 radical (unpaired) electrons. The second kappa shape index (κ2) is 5.80. The van der Waals surface area contributed by atoms with Crippen LogP contribution >= 0.6 is 15.9 Å². The number of ether oxygens (including phenoxy) is 1. The molecule has 0 spiro atoms. The average Bonchev–Trinajstić information content (AvgIpc) is 2.40. The SMILES string of the molecule is Cc1ccc(C(=O)NC2(CBr)CCOCC2)cn1. The van der Waals surface area contributed by atoms with Gasteiger partial charge in [0.25, 0.3) is 5.91 Å². The Morgan fingerprint density at radius 2 is 2.22 bits per heavy atom. The summed E-state index contributed by atoms with van der Waals surface area (Å²) in [6, 6.07) is 3.65. The van der Waals surface area contributed by atoms with Gasteiger partial charge in [-0.25, -0.2) is 0 Å². The van der Waals surface area contributed by atoms with Crippen LogP contribution in [0.25, 0.3) is 0 Å². The van der Waals surface area contributed by atoms with Crippen molar-refractivity contribution in [2.24, 2.45) is 0 Å². The first-order valence-electron chi connectivity index (χ1n) is 6.04. The van der Waals surface area contributed by atoms with Crippen molar-refractivity contribution in [2.75, 3.05) is 18.5 Å². The molecule has 4 nitrogen and oxygen atoms in total. The lowest BCUT2D eigenvalue weighted by atomic mass is 9.92. The van der Waals surface area contributed by atoms with E-state index < -0.39 is 0 Å². The molecule has 0 bridgehead atoms. The van der Waals surface area contributed by atoms with Gasteiger partial charge < -0.3 is 10.1 Å². The van der Waals surface area contributed by atoms with Crippen LogP contribution in [-0.2, 0) is 4.74 Å². The van der Waals surface area contributed by atoms with Gasteiger partial charge in [0.2, 0.25) is 0 Å². The highest BCUT2D eigenvalue weighted by Crippen LogP contribution is 2.23. The van der Waals surface area contributed by atoms with Crippen LogP contribution in [0.15, 0.2) is 18.3 Å². The first-order valence-corrected chi connectivity index (χ1v) is 7.16. The van der Waals surface area contributed by atoms with Gasteiger partial charge in [-0.15, -0.1) is 0 Å². The highest BCUT2D eigenvalue weighted by molar-refractivity contribution is 9.09. The average molecular weight is 313 g/mol. The number of hydrogen-bond donors (Lipinski definition) is 1. The van der Waals surface area contributed by atoms with E-state index in [-0.39, 0.29) is 11.4 Å². The second-order valence-electron chi connectivity index (χ2n) is 4.67. The molecule has 2 rings (SSSR count). The van der Waals surface area contributed by atoms with Crippen molar-refractivity contribution >= 4 is 21.8 Å². The topological polar surface area (TPSA) is 51.2 Å². The molecule has 1 aliphatic rings. The molecule has 1 N–H and O–H groups in total. The predicted octanol–water partition coefficient (Wildman–Crippen LogP) is 2.06. The van der Waals surface area contributed by atoms with E-state index in [1.165, 1.54) is 0 Å². The van der Waals surface area contributed by atoms with Gasteiger partial charge in [-0.1, -0.05) is 15.9 Å². The Morgan fingerprint density at radius 1 is 1.50 bits per heavy atom. The highest BCUT2D eigenvalue weighted by atomic mass is 79.9. The lowest BCUT2D eigenvalue weighted by Gasteiger charge is -2.36. The normalized spacial score (nSPS) is 18.3. The fourth-order valence-electron chi connectivity index (χ4n) is 1.97. The Morgan fingerprint density at radius 3 is 2.78 bits per heavy atom. The van der Waals surface area contributed by atoms with Gasteiger partial charge >= 0.3 is 0 Å². The largest absolute Gasteiger partial charge is 0.381 e. The third-order valence-corrected chi connectivity index (χ3v) is 4.33. The quantitative estimate of drug-likeness (QED) is 0.869. The number of alkyl halides is 1. The molecule has 0 saturated carbocycles. The Bertz CT molecular complexity index is 414. The van der Waals surface area contributed by atoms with E-state index in [1.807, 2.05) is 13.0 Å². The van der Waals surface area contributed by atoms with Crippen LogP contribution in [0.3, 0.4) is 0 Å². The van der Waals surface area contributed by atoms with Crippen molar-refractivity contribution < 1.29 is 9.53 Å². The van der Waals surface area contributed by atoms with Gasteiger partial charge in [0, 0.05) is 30.4 Å². The number of aryl methyl sites for hydroxylation is 1. The van der Waals surface area contributed by atoms with Crippen LogP contribution in [0.4, 0.5) is 0 Å². The molecule has 1 aliphatic heterocycles. The molecular weight excluding hydrogens is 296 g/mol. The van der Waals surface area contributed by atoms with E-state index in [0.29, 0.717) is 18.8 Å². The lowest BCUT2D eigenvalue weighted by molar-refractivity contribution is 0.0442. The molecule has 18 heavy (non-hydrogen) atoms. The first kappa shape index (κ1) is 13.5. The number of halogens is 1. The number of carbonyl (C=O) groups is 1. The highest BCUT2D eigenvalue weighted by Gasteiger charge is 2.33. The van der Waals surface area contributed by atoms with Crippen molar-refractivity contribution in [3.63, 3.8) is 0 Å². The standard InChI is InChI=1S/C13H17BrN2O2/c1-10-2-3-11(8-15-10)12(17)16-13(9-14)4-6-18-7-5-13/h2-3,8H,4-7,9H2,1H3,(H,16,17). The van der Waals surface area contributed by atoms with Crippen molar-refractivity contribution in [1.29, 1.82) is 0 Å². The van der Waals surface area contributed by atoms with Gasteiger partial charge in [-0.05, 0) is 31.9 Å². The summed E-state index contributed by atoms with van der Waals surface area (Å²) in [6.45, 7) is 3.29. The number of aromatic nitrogens is 1. The van der Waals surface area contributed by atoms with Crippen LogP contribution in [0.1, 0.15) is 28.9 Å². The summed E-state index contributed by atoms with van der Waals surface area (Å²) < 4.78 is 5.35. The Kier molecular flexibility index (Phi) is 4.35. The van der Waals surface area contributed by atoms with Crippen LogP contribution in [0.5, 0.6) is 0 Å². The van der Waals surface area contributed by atoms with Crippen molar-refractivity contribution in [1.82, 2.24) is 10.3 Å². The minimum Gasteiger partial charge on any atom is -0.381 e. The van der Waals surface area contributed by atoms with E-state index in [2.05, 4.69) is 26.2 Å². The summed E-state index contributed by atoms with van der Waals surface area (Å²) in [6.07, 6.45) is 3.29. The van der Waals surface area contributed by atoms with Gasteiger partial charge in [-0.2, -0.15) is 0 Å². The molecule has 98 valence electrons. The Hall–Kier alpha value is -0.940. The predicted molar refractivity (Wildman–Crippen MR) is 73.0 cm³/mol. The Balaban J connectivity index is 2.07. The number of pyridine rings is 1. The molecule has 1 fully saturated rings. The molecule has 1 saturated heterocycles. The molecule has 0 aromatic carbocycles. The van der Waals surface area contributed by atoms with E-state index in [9.17, 15) is 4.79 Å². The van der Waals surface area contributed by atoms with E-state index in [4.69, 9.17) is 4.74 Å². The lowest BCUT2D eigenvalue weighted by Crippen LogP contribution is -2.53. The fraction of sp³-hybridized carbons (Fsp3) is 0.538. The van der Waals surface area contributed by atoms with E-state index in [0.717, 1.165) is 23.9 Å². The summed E-state index contributed by atoms with van der Waals surface area (Å²) in [5.74, 6) is -0.0659. The summed E-state index contributed by atoms with van der Waals surface area (Å²) in [5.41, 5.74) is 1.32. The number of carbonyl (C=O) groups excluding carboxylic acids is 1. The third kappa shape index (κ3) is 3.09. The summed E-state index contributed by atoms with van der Waals surface area (Å²) in [4.78, 5) is 16.3. The number of amides is 1. The molecule has 0 aliphatic carbocycles. The molecule has 1 aromatic heterocycles. The Labute approximate surface area is 115 Å². The van der Waals surface area contributed by atoms with E-state index in [1.54, 1.807) is 12.3 Å². The van der Waals surface area contributed by atoms with Crippen LogP contribution < -0.4 is 5.32 Å². The van der Waals surface area contributed by atoms with Crippen molar-refractivity contribution in [2.45, 2.75) is 25.3 Å². The summed E-state index contributed by atoms with van der Waals surface area (Å²) in [5, 5.41) is 3.86. The minimum absolute atomic E-state index is 0.0659. The zero-order chi connectivity index (χ0) is 13.0. The maximum Gasteiger partial charge on any atom is 0.253 e. The smallest absolute Gasteiger partial charge is 0.253 e. The summed E-state index contributed by atoms with van der Waals surface area (Å²) >= 11 is 3.49. The minimum atomic E-state index is -0.194. The summed E-state index contributed by atoms with van der Waals surface area (Å²) in [7, 11) is 0. The third-order valence-electron chi connectivity index (χ3n) is 3.26. The number of rotatable bonds is 3. The first-order chi connectivity index (χ1) is 8.65. The molecule has 0 unspecified atom stereocenters. The fourth-order valence-corrected chi connectivity index (χ4v) is 2.67. The molecule has 1 amide bonds. The van der Waals surface area contributed by atoms with Gasteiger partial charge in [-0.3, -0.25) is 9.78 Å².